The van der Waals surface area contributed by atoms with Crippen LogP contribution in [0.5, 0.6) is 0 Å². The highest BCUT2D eigenvalue weighted by Gasteiger charge is 2.43. The summed E-state index contributed by atoms with van der Waals surface area (Å²) in [6.07, 6.45) is 1.18. The highest BCUT2D eigenvalue weighted by Crippen LogP contribution is 2.31. The molecule has 0 radical (unpaired) electrons. The van der Waals surface area contributed by atoms with Crippen molar-refractivity contribution in [3.05, 3.63) is 33.8 Å². The van der Waals surface area contributed by atoms with E-state index in [-0.39, 0.29) is 24.4 Å². The zero-order valence-corrected chi connectivity index (χ0v) is 16.4. The van der Waals surface area contributed by atoms with Crippen LogP contribution >= 0.6 is 35.6 Å². The summed E-state index contributed by atoms with van der Waals surface area (Å²) in [5.41, 5.74) is 0.212. The molecular formula is C17H23Cl3N2O3. The number of hydrogen-bond donors (Lipinski definition) is 1. The first-order valence-corrected chi connectivity index (χ1v) is 8.93. The van der Waals surface area contributed by atoms with Gasteiger partial charge in [-0.1, -0.05) is 29.3 Å². The topological polar surface area (TPSA) is 50.8 Å². The highest BCUT2D eigenvalue weighted by atomic mass is 35.5. The lowest BCUT2D eigenvalue weighted by Crippen LogP contribution is -2.57. The minimum Gasteiger partial charge on any atom is -0.370 e. The molecule has 1 unspecified atom stereocenters. The van der Waals surface area contributed by atoms with Crippen LogP contribution in [0.15, 0.2) is 18.2 Å². The van der Waals surface area contributed by atoms with Gasteiger partial charge in [-0.05, 0) is 43.6 Å². The zero-order chi connectivity index (χ0) is 17.2. The van der Waals surface area contributed by atoms with Crippen LogP contribution in [0.4, 0.5) is 0 Å². The van der Waals surface area contributed by atoms with Gasteiger partial charge >= 0.3 is 0 Å². The van der Waals surface area contributed by atoms with Crippen LogP contribution < -0.4 is 5.32 Å². The molecule has 140 valence electrons. The summed E-state index contributed by atoms with van der Waals surface area (Å²) in [5, 5.41) is 4.28. The lowest BCUT2D eigenvalue weighted by Gasteiger charge is -2.41. The van der Waals surface area contributed by atoms with Crippen molar-refractivity contribution >= 4 is 41.5 Å². The molecule has 2 fully saturated rings. The molecule has 1 amide bonds. The Hall–Kier alpha value is -0.560. The van der Waals surface area contributed by atoms with Crippen LogP contribution in [0.1, 0.15) is 24.5 Å². The Kier molecular flexibility index (Phi) is 7.38. The predicted molar refractivity (Wildman–Crippen MR) is 101 cm³/mol. The Labute approximate surface area is 164 Å². The third kappa shape index (κ3) is 4.41. The van der Waals surface area contributed by atoms with Gasteiger partial charge in [-0.25, -0.2) is 0 Å². The van der Waals surface area contributed by atoms with Crippen LogP contribution in [0, 0.1) is 0 Å². The van der Waals surface area contributed by atoms with Gasteiger partial charge in [0.2, 0.25) is 0 Å². The summed E-state index contributed by atoms with van der Waals surface area (Å²) >= 11 is 12.1. The second-order valence-corrected chi connectivity index (χ2v) is 7.05. The molecule has 0 bridgehead atoms. The summed E-state index contributed by atoms with van der Waals surface area (Å²) in [6.45, 7) is 3.15. The van der Waals surface area contributed by atoms with Gasteiger partial charge < -0.3 is 19.7 Å². The number of hydrogen-bond acceptors (Lipinski definition) is 4. The first kappa shape index (κ1) is 20.7. The predicted octanol–water partition coefficient (Wildman–Crippen LogP) is 3.08. The number of rotatable bonds is 3. The molecule has 0 aromatic heterocycles. The quantitative estimate of drug-likeness (QED) is 0.833. The highest BCUT2D eigenvalue weighted by molar-refractivity contribution is 6.42. The molecule has 2 aliphatic rings. The Bertz CT molecular complexity index is 609. The standard InChI is InChI=1S/C17H22Cl2N2O3.ClH/c1-23-17(4-6-20-7-5-17)16(22)21-8-9-24-15(11-21)12-2-3-13(18)14(19)10-12;/h2-3,10,15,20H,4-9,11H2,1H3;1H. The normalized spacial score (nSPS) is 23.0. The summed E-state index contributed by atoms with van der Waals surface area (Å²) in [5.74, 6) is 0.0554. The van der Waals surface area contributed by atoms with Gasteiger partial charge in [0.25, 0.3) is 5.91 Å². The molecule has 0 spiro atoms. The number of piperidine rings is 1. The molecule has 1 N–H and O–H groups in total. The SMILES string of the molecule is COC1(C(=O)N2CCOC(c3ccc(Cl)c(Cl)c3)C2)CCNCC1.Cl. The van der Waals surface area contributed by atoms with Crippen molar-refractivity contribution in [1.82, 2.24) is 10.2 Å². The van der Waals surface area contributed by atoms with Crippen LogP contribution in [-0.2, 0) is 14.3 Å². The zero-order valence-electron chi connectivity index (χ0n) is 14.1. The van der Waals surface area contributed by atoms with Crippen molar-refractivity contribution in [2.24, 2.45) is 0 Å². The number of amides is 1. The number of morpholine rings is 1. The second kappa shape index (κ2) is 8.89. The average molecular weight is 410 g/mol. The monoisotopic (exact) mass is 408 g/mol. The van der Waals surface area contributed by atoms with Crippen molar-refractivity contribution in [3.8, 4) is 0 Å². The number of benzene rings is 1. The maximum Gasteiger partial charge on any atom is 0.255 e. The number of nitrogens with zero attached hydrogens (tertiary/aromatic N) is 1. The lowest BCUT2D eigenvalue weighted by atomic mass is 9.90. The van der Waals surface area contributed by atoms with E-state index in [4.69, 9.17) is 32.7 Å². The third-order valence-electron chi connectivity index (χ3n) is 4.86. The minimum absolute atomic E-state index is 0. The second-order valence-electron chi connectivity index (χ2n) is 6.23. The molecule has 1 aromatic carbocycles. The van der Waals surface area contributed by atoms with E-state index in [1.165, 1.54) is 0 Å². The number of methoxy groups -OCH3 is 1. The van der Waals surface area contributed by atoms with Crippen LogP contribution in [-0.4, -0.2) is 56.3 Å². The summed E-state index contributed by atoms with van der Waals surface area (Å²) in [7, 11) is 1.63. The number of halogens is 3. The fourth-order valence-corrected chi connectivity index (χ4v) is 3.68. The largest absolute Gasteiger partial charge is 0.370 e. The molecule has 1 aromatic rings. The summed E-state index contributed by atoms with van der Waals surface area (Å²) < 4.78 is 11.5. The van der Waals surface area contributed by atoms with Gasteiger partial charge in [0, 0.05) is 13.7 Å². The molecular weight excluding hydrogens is 387 g/mol. The minimum atomic E-state index is -0.717. The van der Waals surface area contributed by atoms with Crippen molar-refractivity contribution in [3.63, 3.8) is 0 Å². The Morgan fingerprint density at radius 1 is 1.32 bits per heavy atom. The first-order chi connectivity index (χ1) is 11.6. The van der Waals surface area contributed by atoms with E-state index in [1.54, 1.807) is 19.2 Å². The van der Waals surface area contributed by atoms with E-state index >= 15 is 0 Å². The molecule has 2 aliphatic heterocycles. The lowest BCUT2D eigenvalue weighted by molar-refractivity contribution is -0.165. The molecule has 25 heavy (non-hydrogen) atoms. The van der Waals surface area contributed by atoms with Gasteiger partial charge in [0.1, 0.15) is 11.7 Å². The number of nitrogens with one attached hydrogen (secondary N) is 1. The fourth-order valence-electron chi connectivity index (χ4n) is 3.37. The maximum absolute atomic E-state index is 13.1. The van der Waals surface area contributed by atoms with E-state index in [1.807, 2.05) is 11.0 Å². The van der Waals surface area contributed by atoms with Crippen molar-refractivity contribution < 1.29 is 14.3 Å². The number of carbonyl (C=O) groups excluding carboxylic acids is 1. The third-order valence-corrected chi connectivity index (χ3v) is 5.60. The molecule has 1 atom stereocenters. The van der Waals surface area contributed by atoms with E-state index in [0.717, 1.165) is 18.7 Å². The van der Waals surface area contributed by atoms with Gasteiger partial charge in [-0.3, -0.25) is 4.79 Å². The Balaban J connectivity index is 0.00000225. The van der Waals surface area contributed by atoms with E-state index in [9.17, 15) is 4.79 Å². The van der Waals surface area contributed by atoms with Gasteiger partial charge in [-0.2, -0.15) is 0 Å². The van der Waals surface area contributed by atoms with Crippen LogP contribution in [0.25, 0.3) is 0 Å². The smallest absolute Gasteiger partial charge is 0.255 e. The molecule has 5 nitrogen and oxygen atoms in total. The Morgan fingerprint density at radius 2 is 2.04 bits per heavy atom. The number of ether oxygens (including phenoxy) is 2. The van der Waals surface area contributed by atoms with E-state index in [2.05, 4.69) is 5.32 Å². The number of carbonyl (C=O) groups is 1. The molecule has 2 saturated heterocycles. The summed E-state index contributed by atoms with van der Waals surface area (Å²) in [6, 6.07) is 5.45. The molecule has 0 aliphatic carbocycles. The Morgan fingerprint density at radius 3 is 2.68 bits per heavy atom. The molecule has 3 rings (SSSR count). The first-order valence-electron chi connectivity index (χ1n) is 8.17. The molecule has 0 saturated carbocycles. The van der Waals surface area contributed by atoms with Crippen molar-refractivity contribution in [2.75, 3.05) is 39.9 Å². The average Bonchev–Trinajstić information content (AvgIpc) is 2.64. The van der Waals surface area contributed by atoms with Crippen molar-refractivity contribution in [1.29, 1.82) is 0 Å². The maximum atomic E-state index is 13.1. The van der Waals surface area contributed by atoms with Crippen molar-refractivity contribution in [2.45, 2.75) is 24.5 Å². The van der Waals surface area contributed by atoms with Crippen LogP contribution in [0.2, 0.25) is 10.0 Å². The van der Waals surface area contributed by atoms with Gasteiger partial charge in [0.05, 0.1) is 23.2 Å². The van der Waals surface area contributed by atoms with E-state index in [0.29, 0.717) is 42.6 Å². The van der Waals surface area contributed by atoms with Gasteiger partial charge in [0.15, 0.2) is 0 Å². The van der Waals surface area contributed by atoms with E-state index < -0.39 is 5.60 Å². The summed E-state index contributed by atoms with van der Waals surface area (Å²) in [4.78, 5) is 14.9. The molecule has 8 heteroatoms. The fraction of sp³-hybridized carbons (Fsp3) is 0.588. The molecule has 2 heterocycles. The van der Waals surface area contributed by atoms with Crippen LogP contribution in [0.3, 0.4) is 0 Å². The van der Waals surface area contributed by atoms with Gasteiger partial charge in [-0.15, -0.1) is 12.4 Å².